The summed E-state index contributed by atoms with van der Waals surface area (Å²) >= 11 is 0. The molecule has 0 spiro atoms. The Morgan fingerprint density at radius 3 is 2.45 bits per heavy atom. The van der Waals surface area contributed by atoms with Crippen molar-refractivity contribution >= 4 is 16.8 Å². The lowest BCUT2D eigenvalue weighted by molar-refractivity contribution is 0.0936. The lowest BCUT2D eigenvalue weighted by atomic mass is 9.80. The van der Waals surface area contributed by atoms with Crippen molar-refractivity contribution in [3.63, 3.8) is 0 Å². The highest BCUT2D eigenvalue weighted by atomic mass is 16.4. The molecule has 2 unspecified atom stereocenters. The second-order valence-corrected chi connectivity index (χ2v) is 9.96. The maximum atomic E-state index is 14.2. The van der Waals surface area contributed by atoms with E-state index < -0.39 is 23.2 Å². The van der Waals surface area contributed by atoms with Crippen LogP contribution in [0.2, 0.25) is 0 Å². The number of rotatable bonds is 6. The topological polar surface area (TPSA) is 104 Å². The summed E-state index contributed by atoms with van der Waals surface area (Å²) in [5.74, 6) is -2.83. The van der Waals surface area contributed by atoms with Crippen LogP contribution in [0.25, 0.3) is 22.1 Å². The predicted octanol–water partition coefficient (Wildman–Crippen LogP) is 7.09. The molecule has 2 aromatic heterocycles. The van der Waals surface area contributed by atoms with Gasteiger partial charge < -0.3 is 13.9 Å². The molecule has 5 rings (SSSR count). The van der Waals surface area contributed by atoms with Crippen LogP contribution in [0.3, 0.4) is 0 Å². The number of para-hydroxylation sites is 1. The highest BCUT2D eigenvalue weighted by Crippen LogP contribution is 2.42. The van der Waals surface area contributed by atoms with Gasteiger partial charge in [0.1, 0.15) is 23.0 Å². The van der Waals surface area contributed by atoms with Gasteiger partial charge in [0, 0.05) is 5.56 Å². The summed E-state index contributed by atoms with van der Waals surface area (Å²) in [5, 5.41) is 21.9. The van der Waals surface area contributed by atoms with Crippen molar-refractivity contribution in [3.8, 4) is 22.9 Å². The summed E-state index contributed by atoms with van der Waals surface area (Å²) in [7, 11) is 0. The van der Waals surface area contributed by atoms with Crippen LogP contribution in [0.5, 0.6) is 5.75 Å². The molecule has 0 amide bonds. The minimum Gasteiger partial charge on any atom is -0.507 e. The molecule has 6 heteroatoms. The SMILES string of the molecule is Cc1cc(C(=O)C(C#N)C(c2ccco2)c2c(O)c3ccccc3oc2=O)c2c(C)cc(C(C)C)ccc1-2. The average Bonchev–Trinajstić information content (AvgIpc) is 3.49. The molecule has 2 aliphatic carbocycles. The second kappa shape index (κ2) is 9.68. The number of ketones is 1. The van der Waals surface area contributed by atoms with Crippen LogP contribution < -0.4 is 5.63 Å². The smallest absolute Gasteiger partial charge is 0.344 e. The van der Waals surface area contributed by atoms with Gasteiger partial charge in [-0.2, -0.15) is 5.26 Å². The van der Waals surface area contributed by atoms with Crippen molar-refractivity contribution in [2.75, 3.05) is 0 Å². The fourth-order valence-electron chi connectivity index (χ4n) is 5.27. The number of carbonyl (C=O) groups is 1. The highest BCUT2D eigenvalue weighted by molar-refractivity contribution is 6.08. The van der Waals surface area contributed by atoms with Crippen LogP contribution in [0, 0.1) is 31.1 Å². The Balaban J connectivity index is 1.73. The number of fused-ring (bicyclic) bond motifs is 2. The van der Waals surface area contributed by atoms with Gasteiger partial charge in [-0.25, -0.2) is 4.79 Å². The lowest BCUT2D eigenvalue weighted by Crippen LogP contribution is -2.26. The first-order valence-corrected chi connectivity index (χ1v) is 12.5. The van der Waals surface area contributed by atoms with E-state index in [0.717, 1.165) is 27.8 Å². The van der Waals surface area contributed by atoms with Crippen molar-refractivity contribution in [2.45, 2.75) is 39.5 Å². The number of nitrogens with zero attached hydrogens (tertiary/aromatic N) is 1. The van der Waals surface area contributed by atoms with Gasteiger partial charge in [0.15, 0.2) is 5.78 Å². The summed E-state index contributed by atoms with van der Waals surface area (Å²) in [6.45, 7) is 8.11. The fraction of sp³-hybridized carbons (Fsp3) is 0.219. The van der Waals surface area contributed by atoms with E-state index in [4.69, 9.17) is 8.83 Å². The number of hydrogen-bond acceptors (Lipinski definition) is 6. The minimum absolute atomic E-state index is 0.185. The van der Waals surface area contributed by atoms with E-state index in [0.29, 0.717) is 16.9 Å². The van der Waals surface area contributed by atoms with Gasteiger partial charge in [-0.05, 0) is 77.9 Å². The van der Waals surface area contributed by atoms with Gasteiger partial charge in [-0.1, -0.05) is 44.2 Å². The minimum atomic E-state index is -1.37. The summed E-state index contributed by atoms with van der Waals surface area (Å²) in [5.41, 5.74) is 4.26. The Morgan fingerprint density at radius 1 is 1.00 bits per heavy atom. The van der Waals surface area contributed by atoms with E-state index in [1.54, 1.807) is 42.5 Å². The highest BCUT2D eigenvalue weighted by Gasteiger charge is 2.39. The zero-order valence-corrected chi connectivity index (χ0v) is 21.6. The number of aromatic hydroxyl groups is 1. The fourth-order valence-corrected chi connectivity index (χ4v) is 5.27. The van der Waals surface area contributed by atoms with Gasteiger partial charge in [-0.15, -0.1) is 0 Å². The largest absolute Gasteiger partial charge is 0.507 e. The summed E-state index contributed by atoms with van der Waals surface area (Å²) in [6.07, 6.45) is 1.40. The Hall–Kier alpha value is -4.63. The van der Waals surface area contributed by atoms with Gasteiger partial charge in [-0.3, -0.25) is 4.79 Å². The third kappa shape index (κ3) is 4.06. The van der Waals surface area contributed by atoms with E-state index in [-0.39, 0.29) is 22.7 Å². The maximum absolute atomic E-state index is 14.2. The summed E-state index contributed by atoms with van der Waals surface area (Å²) in [6, 6.07) is 19.8. The zero-order valence-electron chi connectivity index (χ0n) is 21.6. The lowest BCUT2D eigenvalue weighted by Gasteiger charge is -2.20. The molecule has 0 saturated carbocycles. The normalized spacial score (nSPS) is 13.1. The summed E-state index contributed by atoms with van der Waals surface area (Å²) in [4.78, 5) is 27.4. The third-order valence-corrected chi connectivity index (χ3v) is 7.21. The van der Waals surface area contributed by atoms with Gasteiger partial charge in [0.25, 0.3) is 0 Å². The molecule has 38 heavy (non-hydrogen) atoms. The Bertz CT molecular complexity index is 1740. The van der Waals surface area contributed by atoms with Crippen LogP contribution in [0.15, 0.2) is 80.6 Å². The number of Topliss-reactive ketones (excluding diaryl/α,β-unsaturated/α-hetero) is 1. The standard InChI is InChI=1S/C32H27NO5/c1-17(2)20-11-12-21-18(3)15-23(27(21)19(4)14-20)30(34)24(16-33)28(26-10-7-13-37-26)29-31(35)22-8-5-6-9-25(22)38-32(29)36/h5-15,17,24,28,35H,1-4H3. The molecule has 0 aliphatic heterocycles. The van der Waals surface area contributed by atoms with Crippen molar-refractivity contribution in [1.82, 2.24) is 0 Å². The first-order valence-electron chi connectivity index (χ1n) is 12.5. The molecule has 1 aromatic carbocycles. The summed E-state index contributed by atoms with van der Waals surface area (Å²) < 4.78 is 11.1. The first kappa shape index (κ1) is 25.0. The number of furan rings is 1. The predicted molar refractivity (Wildman–Crippen MR) is 145 cm³/mol. The molecule has 3 aromatic rings. The molecule has 0 radical (unpaired) electrons. The van der Waals surface area contributed by atoms with Crippen LogP contribution in [0.4, 0.5) is 0 Å². The van der Waals surface area contributed by atoms with Gasteiger partial charge in [0.2, 0.25) is 0 Å². The average molecular weight is 506 g/mol. The van der Waals surface area contributed by atoms with Crippen LogP contribution in [-0.2, 0) is 0 Å². The number of hydrogen-bond donors (Lipinski definition) is 1. The zero-order chi connectivity index (χ0) is 27.1. The van der Waals surface area contributed by atoms with Crippen molar-refractivity contribution in [1.29, 1.82) is 5.26 Å². The van der Waals surface area contributed by atoms with Gasteiger partial charge >= 0.3 is 5.63 Å². The van der Waals surface area contributed by atoms with Crippen molar-refractivity contribution in [3.05, 3.63) is 111 Å². The molecule has 2 aliphatic rings. The molecule has 0 fully saturated rings. The molecule has 0 saturated heterocycles. The second-order valence-electron chi connectivity index (χ2n) is 9.96. The third-order valence-electron chi connectivity index (χ3n) is 7.21. The molecule has 2 heterocycles. The Morgan fingerprint density at radius 2 is 1.76 bits per heavy atom. The van der Waals surface area contributed by atoms with Crippen LogP contribution in [-0.4, -0.2) is 10.9 Å². The first-order chi connectivity index (χ1) is 18.2. The van der Waals surface area contributed by atoms with Crippen LogP contribution >= 0.6 is 0 Å². The number of nitriles is 1. The monoisotopic (exact) mass is 505 g/mol. The van der Waals surface area contributed by atoms with Crippen LogP contribution in [0.1, 0.15) is 64.1 Å². The van der Waals surface area contributed by atoms with E-state index in [9.17, 15) is 20.0 Å². The molecular formula is C32H27NO5. The van der Waals surface area contributed by atoms with E-state index in [2.05, 4.69) is 32.0 Å². The molecule has 1 N–H and O–H groups in total. The maximum Gasteiger partial charge on any atom is 0.344 e. The number of carbonyl (C=O) groups excluding carboxylic acids is 1. The molecule has 2 atom stereocenters. The number of benzene rings is 1. The van der Waals surface area contributed by atoms with E-state index in [1.165, 1.54) is 6.26 Å². The van der Waals surface area contributed by atoms with Gasteiger partial charge in [0.05, 0.1) is 29.2 Å². The van der Waals surface area contributed by atoms with E-state index in [1.807, 2.05) is 19.9 Å². The van der Waals surface area contributed by atoms with Crippen molar-refractivity contribution in [2.24, 2.45) is 5.92 Å². The molecule has 6 nitrogen and oxygen atoms in total. The molecular weight excluding hydrogens is 478 g/mol. The quantitative estimate of drug-likeness (QED) is 0.195. The van der Waals surface area contributed by atoms with Crippen molar-refractivity contribution < 1.29 is 18.7 Å². The number of aryl methyl sites for hydroxylation is 2. The van der Waals surface area contributed by atoms with E-state index >= 15 is 0 Å². The molecule has 0 bridgehead atoms. The Kier molecular flexibility index (Phi) is 6.38. The molecule has 190 valence electrons. The Labute approximate surface area is 220 Å².